The van der Waals surface area contributed by atoms with E-state index in [4.69, 9.17) is 4.74 Å². The molecule has 3 rings (SSSR count). The molecule has 1 amide bonds. The standard InChI is InChI=1S/C21H21NO4/c23-13-16-7-9-17(10-8-16)20(25)26-14-19(24)22-15-21(11-4-12-21)18-5-2-1-3-6-18/h1-3,5-10,13H,4,11-12,14-15H2,(H,22,24). The Morgan fingerprint density at radius 3 is 2.31 bits per heavy atom. The number of hydrogen-bond donors (Lipinski definition) is 1. The summed E-state index contributed by atoms with van der Waals surface area (Å²) in [5, 5.41) is 2.89. The average Bonchev–Trinajstić information content (AvgIpc) is 2.66. The number of carbonyl (C=O) groups excluding carboxylic acids is 3. The van der Waals surface area contributed by atoms with Crippen LogP contribution < -0.4 is 5.32 Å². The van der Waals surface area contributed by atoms with Crippen LogP contribution >= 0.6 is 0 Å². The Hall–Kier alpha value is -2.95. The van der Waals surface area contributed by atoms with E-state index in [1.165, 1.54) is 29.8 Å². The van der Waals surface area contributed by atoms with Gasteiger partial charge in [-0.3, -0.25) is 9.59 Å². The molecule has 0 radical (unpaired) electrons. The largest absolute Gasteiger partial charge is 0.452 e. The van der Waals surface area contributed by atoms with Crippen molar-refractivity contribution in [2.24, 2.45) is 0 Å². The highest BCUT2D eigenvalue weighted by Gasteiger charge is 2.38. The molecule has 0 aromatic heterocycles. The van der Waals surface area contributed by atoms with Crippen LogP contribution in [0.4, 0.5) is 0 Å². The van der Waals surface area contributed by atoms with Crippen molar-refractivity contribution in [1.29, 1.82) is 0 Å². The molecule has 0 bridgehead atoms. The molecular formula is C21H21NO4. The van der Waals surface area contributed by atoms with Crippen LogP contribution in [0, 0.1) is 0 Å². The van der Waals surface area contributed by atoms with E-state index in [1.807, 2.05) is 18.2 Å². The summed E-state index contributed by atoms with van der Waals surface area (Å²) in [5.41, 5.74) is 2.01. The van der Waals surface area contributed by atoms with Gasteiger partial charge >= 0.3 is 5.97 Å². The van der Waals surface area contributed by atoms with Crippen LogP contribution in [0.3, 0.4) is 0 Å². The molecule has 134 valence electrons. The van der Waals surface area contributed by atoms with E-state index in [-0.39, 0.29) is 17.9 Å². The lowest BCUT2D eigenvalue weighted by atomic mass is 9.64. The fourth-order valence-electron chi connectivity index (χ4n) is 3.19. The minimum absolute atomic E-state index is 0.00834. The Balaban J connectivity index is 1.49. The van der Waals surface area contributed by atoms with Gasteiger partial charge in [0.05, 0.1) is 5.56 Å². The van der Waals surface area contributed by atoms with Crippen LogP contribution in [-0.4, -0.2) is 31.3 Å². The van der Waals surface area contributed by atoms with Crippen molar-refractivity contribution in [3.05, 3.63) is 71.3 Å². The van der Waals surface area contributed by atoms with Crippen molar-refractivity contribution in [1.82, 2.24) is 5.32 Å². The molecule has 1 fully saturated rings. The lowest BCUT2D eigenvalue weighted by molar-refractivity contribution is -0.124. The van der Waals surface area contributed by atoms with Gasteiger partial charge in [0.1, 0.15) is 6.29 Å². The first-order valence-electron chi connectivity index (χ1n) is 8.68. The zero-order chi connectivity index (χ0) is 18.4. The van der Waals surface area contributed by atoms with E-state index in [2.05, 4.69) is 17.4 Å². The lowest BCUT2D eigenvalue weighted by Crippen LogP contribution is -2.46. The Morgan fingerprint density at radius 2 is 1.73 bits per heavy atom. The van der Waals surface area contributed by atoms with E-state index in [9.17, 15) is 14.4 Å². The second-order valence-corrected chi connectivity index (χ2v) is 6.59. The van der Waals surface area contributed by atoms with E-state index in [0.29, 0.717) is 24.0 Å². The van der Waals surface area contributed by atoms with Gasteiger partial charge in [0.2, 0.25) is 0 Å². The van der Waals surface area contributed by atoms with Gasteiger partial charge < -0.3 is 10.1 Å². The zero-order valence-electron chi connectivity index (χ0n) is 14.4. The van der Waals surface area contributed by atoms with Crippen LogP contribution in [0.25, 0.3) is 0 Å². The summed E-state index contributed by atoms with van der Waals surface area (Å²) in [6.07, 6.45) is 3.93. The first kappa shape index (κ1) is 17.9. The fraction of sp³-hybridized carbons (Fsp3) is 0.286. The third-order valence-electron chi connectivity index (χ3n) is 4.94. The van der Waals surface area contributed by atoms with Crippen molar-refractivity contribution in [2.45, 2.75) is 24.7 Å². The van der Waals surface area contributed by atoms with Gasteiger partial charge in [0, 0.05) is 17.5 Å². The van der Waals surface area contributed by atoms with Gasteiger partial charge in [-0.25, -0.2) is 4.79 Å². The molecule has 1 aliphatic rings. The Kier molecular flexibility index (Phi) is 5.46. The molecule has 5 nitrogen and oxygen atoms in total. The summed E-state index contributed by atoms with van der Waals surface area (Å²) in [6, 6.07) is 16.3. The molecule has 0 saturated heterocycles. The smallest absolute Gasteiger partial charge is 0.338 e. The zero-order valence-corrected chi connectivity index (χ0v) is 14.4. The van der Waals surface area contributed by atoms with Gasteiger partial charge in [0.15, 0.2) is 6.61 Å². The molecule has 0 spiro atoms. The van der Waals surface area contributed by atoms with Crippen LogP contribution in [0.15, 0.2) is 54.6 Å². The Morgan fingerprint density at radius 1 is 1.04 bits per heavy atom. The summed E-state index contributed by atoms with van der Waals surface area (Å²) in [7, 11) is 0. The highest BCUT2D eigenvalue weighted by Crippen LogP contribution is 2.43. The second kappa shape index (κ2) is 7.95. The number of esters is 1. The number of hydrogen-bond acceptors (Lipinski definition) is 4. The highest BCUT2D eigenvalue weighted by molar-refractivity contribution is 5.92. The molecular weight excluding hydrogens is 330 g/mol. The van der Waals surface area contributed by atoms with Crippen molar-refractivity contribution < 1.29 is 19.1 Å². The lowest BCUT2D eigenvalue weighted by Gasteiger charge is -2.42. The number of amides is 1. The predicted molar refractivity (Wildman–Crippen MR) is 97.1 cm³/mol. The molecule has 0 unspecified atom stereocenters. The van der Waals surface area contributed by atoms with E-state index < -0.39 is 5.97 Å². The third kappa shape index (κ3) is 3.99. The van der Waals surface area contributed by atoms with Crippen molar-refractivity contribution >= 4 is 18.2 Å². The van der Waals surface area contributed by atoms with E-state index in [0.717, 1.165) is 19.3 Å². The molecule has 0 heterocycles. The van der Waals surface area contributed by atoms with Crippen molar-refractivity contribution in [2.75, 3.05) is 13.2 Å². The molecule has 1 aliphatic carbocycles. The second-order valence-electron chi connectivity index (χ2n) is 6.59. The summed E-state index contributed by atoms with van der Waals surface area (Å²) < 4.78 is 5.05. The van der Waals surface area contributed by atoms with E-state index in [1.54, 1.807) is 0 Å². The van der Waals surface area contributed by atoms with Crippen LogP contribution in [0.2, 0.25) is 0 Å². The normalized spacial score (nSPS) is 14.8. The molecule has 2 aromatic rings. The van der Waals surface area contributed by atoms with Crippen LogP contribution in [0.1, 0.15) is 45.5 Å². The van der Waals surface area contributed by atoms with Crippen molar-refractivity contribution in [3.8, 4) is 0 Å². The Labute approximate surface area is 152 Å². The average molecular weight is 351 g/mol. The molecule has 0 aliphatic heterocycles. The maximum absolute atomic E-state index is 12.1. The van der Waals surface area contributed by atoms with E-state index >= 15 is 0 Å². The molecule has 2 aromatic carbocycles. The Bertz CT molecular complexity index is 779. The first-order valence-corrected chi connectivity index (χ1v) is 8.68. The summed E-state index contributed by atoms with van der Waals surface area (Å²) >= 11 is 0. The third-order valence-corrected chi connectivity index (χ3v) is 4.94. The predicted octanol–water partition coefficient (Wildman–Crippen LogP) is 2.89. The molecule has 1 saturated carbocycles. The first-order chi connectivity index (χ1) is 12.6. The number of aldehydes is 1. The number of nitrogens with one attached hydrogen (secondary N) is 1. The van der Waals surface area contributed by atoms with Gasteiger partial charge in [-0.1, -0.05) is 48.9 Å². The maximum Gasteiger partial charge on any atom is 0.338 e. The molecule has 0 atom stereocenters. The topological polar surface area (TPSA) is 72.5 Å². The van der Waals surface area contributed by atoms with Gasteiger partial charge in [-0.15, -0.1) is 0 Å². The van der Waals surface area contributed by atoms with Crippen molar-refractivity contribution in [3.63, 3.8) is 0 Å². The summed E-state index contributed by atoms with van der Waals surface area (Å²) in [5.74, 6) is -0.899. The minimum atomic E-state index is -0.584. The number of rotatable bonds is 7. The summed E-state index contributed by atoms with van der Waals surface area (Å²) in [4.78, 5) is 34.6. The molecule has 5 heteroatoms. The van der Waals surface area contributed by atoms with Crippen LogP contribution in [0.5, 0.6) is 0 Å². The monoisotopic (exact) mass is 351 g/mol. The highest BCUT2D eigenvalue weighted by atomic mass is 16.5. The van der Waals surface area contributed by atoms with Gasteiger partial charge in [-0.05, 0) is 30.5 Å². The fourth-order valence-corrected chi connectivity index (χ4v) is 3.19. The van der Waals surface area contributed by atoms with Gasteiger partial charge in [-0.2, -0.15) is 0 Å². The number of ether oxygens (including phenoxy) is 1. The maximum atomic E-state index is 12.1. The number of benzene rings is 2. The number of carbonyl (C=O) groups is 3. The van der Waals surface area contributed by atoms with Gasteiger partial charge in [0.25, 0.3) is 5.91 Å². The molecule has 26 heavy (non-hydrogen) atoms. The SMILES string of the molecule is O=Cc1ccc(C(=O)OCC(=O)NCC2(c3ccccc3)CCC2)cc1. The quantitative estimate of drug-likeness (QED) is 0.615. The van der Waals surface area contributed by atoms with Crippen LogP contribution in [-0.2, 0) is 14.9 Å². The molecule has 1 N–H and O–H groups in total. The minimum Gasteiger partial charge on any atom is -0.452 e. The summed E-state index contributed by atoms with van der Waals surface area (Å²) in [6.45, 7) is 0.223.